The van der Waals surface area contributed by atoms with E-state index >= 15 is 0 Å². The third-order valence-electron chi connectivity index (χ3n) is 3.96. The fourth-order valence-electron chi connectivity index (χ4n) is 2.60. The van der Waals surface area contributed by atoms with Gasteiger partial charge in [0, 0.05) is 26.3 Å². The summed E-state index contributed by atoms with van der Waals surface area (Å²) in [5, 5.41) is 0. The molecule has 2 heterocycles. The number of imidazole rings is 1. The highest BCUT2D eigenvalue weighted by molar-refractivity contribution is 5.77. The molecule has 0 fully saturated rings. The summed E-state index contributed by atoms with van der Waals surface area (Å²) in [5.41, 5.74) is -0.161. The number of hydrogen-bond donors (Lipinski definition) is 1. The topological polar surface area (TPSA) is 75.9 Å². The molecule has 0 aromatic carbocycles. The van der Waals surface area contributed by atoms with Crippen LogP contribution in [0, 0.1) is 0 Å². The predicted molar refractivity (Wildman–Crippen MR) is 94.0 cm³/mol. The smallest absolute Gasteiger partial charge is 0.329 e. The van der Waals surface area contributed by atoms with Crippen LogP contribution < -0.4 is 16.1 Å². The summed E-state index contributed by atoms with van der Waals surface area (Å²) in [5.74, 6) is 0.670. The highest BCUT2D eigenvalue weighted by atomic mass is 16.2. The average Bonchev–Trinajstić information content (AvgIpc) is 2.93. The molecule has 126 valence electrons. The first kappa shape index (κ1) is 17.1. The molecule has 0 aliphatic carbocycles. The Kier molecular flexibility index (Phi) is 5.41. The molecule has 0 bridgehead atoms. The molecular formula is C16H25N5O2. The van der Waals surface area contributed by atoms with Gasteiger partial charge >= 0.3 is 5.69 Å². The molecule has 0 aliphatic heterocycles. The van der Waals surface area contributed by atoms with Crippen molar-refractivity contribution >= 4 is 23.3 Å². The number of nitrogens with zero attached hydrogens (tertiary/aromatic N) is 4. The van der Waals surface area contributed by atoms with Gasteiger partial charge in [0.15, 0.2) is 11.2 Å². The number of aryl methyl sites for hydroxylation is 1. The van der Waals surface area contributed by atoms with E-state index in [1.165, 1.54) is 4.57 Å². The average molecular weight is 319 g/mol. The summed E-state index contributed by atoms with van der Waals surface area (Å²) in [6.07, 6.45) is 5.82. The van der Waals surface area contributed by atoms with Crippen LogP contribution in [-0.4, -0.2) is 32.2 Å². The van der Waals surface area contributed by atoms with Crippen molar-refractivity contribution in [3.8, 4) is 0 Å². The van der Waals surface area contributed by atoms with Crippen LogP contribution in [0.3, 0.4) is 0 Å². The minimum absolute atomic E-state index is 0.357. The highest BCUT2D eigenvalue weighted by Gasteiger charge is 2.19. The SMILES string of the molecule is C=Cn1c(N(CCCC)CCCC)nc2c1c(=O)[nH]c(=O)n2C. The molecule has 0 saturated heterocycles. The molecule has 1 N–H and O–H groups in total. The maximum atomic E-state index is 12.2. The number of aromatic amines is 1. The summed E-state index contributed by atoms with van der Waals surface area (Å²) < 4.78 is 3.04. The Morgan fingerprint density at radius 1 is 1.22 bits per heavy atom. The number of anilines is 1. The Labute approximate surface area is 135 Å². The van der Waals surface area contributed by atoms with E-state index in [0.717, 1.165) is 38.8 Å². The minimum Gasteiger partial charge on any atom is -0.342 e. The summed E-state index contributed by atoms with van der Waals surface area (Å²) in [7, 11) is 1.60. The molecule has 0 unspecified atom stereocenters. The van der Waals surface area contributed by atoms with Crippen molar-refractivity contribution in [1.82, 2.24) is 19.1 Å². The molecule has 0 spiro atoms. The lowest BCUT2D eigenvalue weighted by atomic mass is 10.3. The third kappa shape index (κ3) is 3.23. The molecule has 2 aromatic heterocycles. The van der Waals surface area contributed by atoms with Gasteiger partial charge in [-0.05, 0) is 12.8 Å². The van der Waals surface area contributed by atoms with Crippen LogP contribution in [-0.2, 0) is 7.05 Å². The van der Waals surface area contributed by atoms with Crippen molar-refractivity contribution < 1.29 is 0 Å². The highest BCUT2D eigenvalue weighted by Crippen LogP contribution is 2.20. The number of rotatable bonds is 8. The summed E-state index contributed by atoms with van der Waals surface area (Å²) >= 11 is 0. The summed E-state index contributed by atoms with van der Waals surface area (Å²) in [6.45, 7) is 9.81. The van der Waals surface area contributed by atoms with Gasteiger partial charge in [-0.2, -0.15) is 4.98 Å². The molecule has 0 atom stereocenters. The molecule has 7 nitrogen and oxygen atoms in total. The zero-order chi connectivity index (χ0) is 17.0. The minimum atomic E-state index is -0.462. The second-order valence-electron chi connectivity index (χ2n) is 5.65. The monoisotopic (exact) mass is 319 g/mol. The fraction of sp³-hybridized carbons (Fsp3) is 0.562. The van der Waals surface area contributed by atoms with Gasteiger partial charge in [0.05, 0.1) is 0 Å². The molecule has 0 amide bonds. The largest absolute Gasteiger partial charge is 0.342 e. The molecule has 23 heavy (non-hydrogen) atoms. The van der Waals surface area contributed by atoms with E-state index in [-0.39, 0.29) is 0 Å². The lowest BCUT2D eigenvalue weighted by Gasteiger charge is -2.23. The van der Waals surface area contributed by atoms with Crippen molar-refractivity contribution in [2.75, 3.05) is 18.0 Å². The van der Waals surface area contributed by atoms with Crippen molar-refractivity contribution in [3.05, 3.63) is 27.4 Å². The van der Waals surface area contributed by atoms with Gasteiger partial charge < -0.3 is 4.90 Å². The van der Waals surface area contributed by atoms with Gasteiger partial charge in [-0.3, -0.25) is 18.9 Å². The number of hydrogen-bond acceptors (Lipinski definition) is 4. The van der Waals surface area contributed by atoms with Crippen molar-refractivity contribution in [1.29, 1.82) is 0 Å². The molecule has 0 radical (unpaired) electrons. The molecule has 2 aromatic rings. The Balaban J connectivity index is 2.64. The van der Waals surface area contributed by atoms with Gasteiger partial charge in [-0.1, -0.05) is 33.3 Å². The lowest BCUT2D eigenvalue weighted by molar-refractivity contribution is 0.662. The van der Waals surface area contributed by atoms with Crippen LogP contribution in [0.5, 0.6) is 0 Å². The van der Waals surface area contributed by atoms with Crippen LogP contribution in [0.1, 0.15) is 39.5 Å². The van der Waals surface area contributed by atoms with Crippen molar-refractivity contribution in [2.45, 2.75) is 39.5 Å². The van der Waals surface area contributed by atoms with E-state index in [0.29, 0.717) is 17.1 Å². The number of fused-ring (bicyclic) bond motifs is 1. The van der Waals surface area contributed by atoms with Gasteiger partial charge in [-0.25, -0.2) is 4.79 Å². The Morgan fingerprint density at radius 2 is 1.83 bits per heavy atom. The Morgan fingerprint density at radius 3 is 2.35 bits per heavy atom. The normalized spacial score (nSPS) is 11.1. The van der Waals surface area contributed by atoms with E-state index in [9.17, 15) is 9.59 Å². The Bertz CT molecular complexity index is 791. The fourth-order valence-corrected chi connectivity index (χ4v) is 2.60. The third-order valence-corrected chi connectivity index (χ3v) is 3.96. The zero-order valence-corrected chi connectivity index (χ0v) is 14.1. The summed E-state index contributed by atoms with van der Waals surface area (Å²) in [6, 6.07) is 0. The van der Waals surface area contributed by atoms with Gasteiger partial charge in [-0.15, -0.1) is 0 Å². The van der Waals surface area contributed by atoms with Gasteiger partial charge in [0.2, 0.25) is 5.95 Å². The van der Waals surface area contributed by atoms with Crippen molar-refractivity contribution in [3.63, 3.8) is 0 Å². The van der Waals surface area contributed by atoms with Crippen LogP contribution >= 0.6 is 0 Å². The molecule has 2 rings (SSSR count). The van der Waals surface area contributed by atoms with Gasteiger partial charge in [0.1, 0.15) is 0 Å². The number of nitrogens with one attached hydrogen (secondary N) is 1. The van der Waals surface area contributed by atoms with Crippen molar-refractivity contribution in [2.24, 2.45) is 7.05 Å². The first-order valence-corrected chi connectivity index (χ1v) is 8.13. The molecule has 7 heteroatoms. The first-order chi connectivity index (χ1) is 11.0. The maximum Gasteiger partial charge on any atom is 0.329 e. The standard InChI is InChI=1S/C16H25N5O2/c1-5-8-10-20(11-9-6-2)15-17-13-12(21(15)7-3)14(22)18-16(23)19(13)4/h7H,3,5-6,8-11H2,1-2,4H3,(H,18,22,23). The zero-order valence-electron chi connectivity index (χ0n) is 14.1. The molecule has 0 aliphatic rings. The predicted octanol–water partition coefficient (Wildman–Crippen LogP) is 1.93. The molecular weight excluding hydrogens is 294 g/mol. The van der Waals surface area contributed by atoms with Crippen LogP contribution in [0.15, 0.2) is 16.2 Å². The number of unbranched alkanes of at least 4 members (excludes halogenated alkanes) is 2. The van der Waals surface area contributed by atoms with E-state index in [1.807, 2.05) is 0 Å². The van der Waals surface area contributed by atoms with Gasteiger partial charge in [0.25, 0.3) is 5.56 Å². The van der Waals surface area contributed by atoms with E-state index in [4.69, 9.17) is 0 Å². The van der Waals surface area contributed by atoms with Crippen LogP contribution in [0.4, 0.5) is 5.95 Å². The lowest BCUT2D eigenvalue weighted by Crippen LogP contribution is -2.29. The quantitative estimate of drug-likeness (QED) is 0.806. The molecule has 0 saturated carbocycles. The van der Waals surface area contributed by atoms with E-state index in [2.05, 4.69) is 35.3 Å². The first-order valence-electron chi connectivity index (χ1n) is 8.13. The number of H-pyrrole nitrogens is 1. The van der Waals surface area contributed by atoms with E-state index in [1.54, 1.807) is 17.8 Å². The van der Waals surface area contributed by atoms with E-state index < -0.39 is 11.2 Å². The Hall–Kier alpha value is -2.31. The second-order valence-corrected chi connectivity index (χ2v) is 5.65. The maximum absolute atomic E-state index is 12.2. The number of aromatic nitrogens is 4. The second kappa shape index (κ2) is 7.30. The summed E-state index contributed by atoms with van der Waals surface area (Å²) in [4.78, 5) is 33.1. The van der Waals surface area contributed by atoms with Crippen LogP contribution in [0.2, 0.25) is 0 Å². The van der Waals surface area contributed by atoms with Crippen LogP contribution in [0.25, 0.3) is 17.4 Å².